The number of furan rings is 1. The molecule has 23 heavy (non-hydrogen) atoms. The van der Waals surface area contributed by atoms with E-state index in [-0.39, 0.29) is 17.4 Å². The lowest BCUT2D eigenvalue weighted by atomic mass is 9.64. The van der Waals surface area contributed by atoms with Gasteiger partial charge in [-0.05, 0) is 44.6 Å². The molecule has 0 bridgehead atoms. The highest BCUT2D eigenvalue weighted by Crippen LogP contribution is 2.43. The number of likely N-dealkylation sites (N-methyl/N-ethyl adjacent to an activating group) is 1. The Kier molecular flexibility index (Phi) is 4.53. The molecule has 0 aliphatic heterocycles. The molecule has 4 heteroatoms. The van der Waals surface area contributed by atoms with Crippen molar-refractivity contribution in [2.75, 3.05) is 20.6 Å². The maximum atomic E-state index is 12.9. The van der Waals surface area contributed by atoms with E-state index in [1.807, 2.05) is 44.4 Å². The molecule has 1 amide bonds. The lowest BCUT2D eigenvalue weighted by Gasteiger charge is -2.41. The van der Waals surface area contributed by atoms with Crippen molar-refractivity contribution in [3.63, 3.8) is 0 Å². The van der Waals surface area contributed by atoms with E-state index in [1.54, 1.807) is 6.26 Å². The van der Waals surface area contributed by atoms with Gasteiger partial charge in [0.15, 0.2) is 0 Å². The van der Waals surface area contributed by atoms with Gasteiger partial charge >= 0.3 is 0 Å². The second-order valence-electron chi connectivity index (χ2n) is 6.51. The molecule has 0 radical (unpaired) electrons. The van der Waals surface area contributed by atoms with Crippen molar-refractivity contribution in [2.24, 2.45) is 0 Å². The molecule has 1 aliphatic rings. The Bertz CT molecular complexity index is 631. The summed E-state index contributed by atoms with van der Waals surface area (Å²) in [5.41, 5.74) is 0.782. The largest absolute Gasteiger partial charge is 0.468 e. The molecule has 1 fully saturated rings. The Morgan fingerprint density at radius 1 is 1.22 bits per heavy atom. The van der Waals surface area contributed by atoms with Gasteiger partial charge in [-0.3, -0.25) is 9.69 Å². The summed E-state index contributed by atoms with van der Waals surface area (Å²) in [6.45, 7) is 0.550. The van der Waals surface area contributed by atoms with Gasteiger partial charge in [0.2, 0.25) is 5.91 Å². The Morgan fingerprint density at radius 2 is 1.96 bits per heavy atom. The number of amides is 1. The predicted molar refractivity (Wildman–Crippen MR) is 90.1 cm³/mol. The standard InChI is InChI=1S/C19H24N2O2/c1-21(2)16(17-10-6-13-23-17)14-20-18(22)19(11-7-12-19)15-8-4-3-5-9-15/h3-6,8-10,13,16H,7,11-12,14H2,1-2H3,(H,20,22). The molecule has 1 aromatic heterocycles. The summed E-state index contributed by atoms with van der Waals surface area (Å²) in [4.78, 5) is 14.9. The van der Waals surface area contributed by atoms with Crippen LogP contribution in [0.25, 0.3) is 0 Å². The van der Waals surface area contributed by atoms with Crippen LogP contribution in [0.1, 0.15) is 36.6 Å². The summed E-state index contributed by atoms with van der Waals surface area (Å²) in [6, 6.07) is 14.0. The number of hydrogen-bond donors (Lipinski definition) is 1. The first kappa shape index (κ1) is 15.8. The molecule has 2 aromatic rings. The molecule has 4 nitrogen and oxygen atoms in total. The monoisotopic (exact) mass is 312 g/mol. The lowest BCUT2D eigenvalue weighted by Crippen LogP contribution is -2.50. The Morgan fingerprint density at radius 3 is 2.48 bits per heavy atom. The fourth-order valence-corrected chi connectivity index (χ4v) is 3.31. The van der Waals surface area contributed by atoms with Crippen molar-refractivity contribution in [3.8, 4) is 0 Å². The van der Waals surface area contributed by atoms with Crippen LogP contribution >= 0.6 is 0 Å². The summed E-state index contributed by atoms with van der Waals surface area (Å²) in [5.74, 6) is 1.01. The van der Waals surface area contributed by atoms with Crippen molar-refractivity contribution in [1.29, 1.82) is 0 Å². The topological polar surface area (TPSA) is 45.5 Å². The molecule has 1 saturated carbocycles. The summed E-state index contributed by atoms with van der Waals surface area (Å²) in [6.07, 6.45) is 4.63. The van der Waals surface area contributed by atoms with Gasteiger partial charge in [-0.15, -0.1) is 0 Å². The number of carbonyl (C=O) groups is 1. The smallest absolute Gasteiger partial charge is 0.230 e. The van der Waals surface area contributed by atoms with E-state index in [0.717, 1.165) is 30.6 Å². The zero-order valence-electron chi connectivity index (χ0n) is 13.8. The zero-order valence-corrected chi connectivity index (χ0v) is 13.8. The van der Waals surface area contributed by atoms with Gasteiger partial charge in [0.05, 0.1) is 17.7 Å². The molecule has 3 rings (SSSR count). The van der Waals surface area contributed by atoms with E-state index in [4.69, 9.17) is 4.42 Å². The SMILES string of the molecule is CN(C)C(CNC(=O)C1(c2ccccc2)CCC1)c1ccco1. The van der Waals surface area contributed by atoms with Gasteiger partial charge in [-0.25, -0.2) is 0 Å². The Labute approximate surface area is 137 Å². The number of hydrogen-bond acceptors (Lipinski definition) is 3. The van der Waals surface area contributed by atoms with Crippen molar-refractivity contribution in [3.05, 3.63) is 60.1 Å². The van der Waals surface area contributed by atoms with E-state index in [1.165, 1.54) is 0 Å². The zero-order chi connectivity index (χ0) is 16.3. The quantitative estimate of drug-likeness (QED) is 0.891. The fourth-order valence-electron chi connectivity index (χ4n) is 3.31. The van der Waals surface area contributed by atoms with Crippen LogP contribution in [0.5, 0.6) is 0 Å². The molecule has 0 saturated heterocycles. The third-order valence-corrected chi connectivity index (χ3v) is 4.92. The number of carbonyl (C=O) groups excluding carboxylic acids is 1. The molecule has 1 heterocycles. The average Bonchev–Trinajstić information content (AvgIpc) is 3.01. The van der Waals surface area contributed by atoms with E-state index in [9.17, 15) is 4.79 Å². The summed E-state index contributed by atoms with van der Waals surface area (Å²) >= 11 is 0. The van der Waals surface area contributed by atoms with Crippen LogP contribution in [-0.2, 0) is 10.2 Å². The third-order valence-electron chi connectivity index (χ3n) is 4.92. The molecule has 1 aliphatic carbocycles. The van der Waals surface area contributed by atoms with Crippen LogP contribution in [-0.4, -0.2) is 31.4 Å². The first-order valence-corrected chi connectivity index (χ1v) is 8.17. The van der Waals surface area contributed by atoms with Crippen LogP contribution < -0.4 is 5.32 Å². The van der Waals surface area contributed by atoms with Crippen LogP contribution in [0.15, 0.2) is 53.1 Å². The minimum atomic E-state index is -0.346. The molecule has 0 spiro atoms. The maximum absolute atomic E-state index is 12.9. The molecule has 1 aromatic carbocycles. The van der Waals surface area contributed by atoms with Crippen molar-refractivity contribution in [1.82, 2.24) is 10.2 Å². The van der Waals surface area contributed by atoms with Gasteiger partial charge in [0.1, 0.15) is 5.76 Å². The molecule has 1 atom stereocenters. The number of rotatable bonds is 6. The minimum absolute atomic E-state index is 0.0434. The van der Waals surface area contributed by atoms with Gasteiger partial charge in [0, 0.05) is 6.54 Å². The molecule has 122 valence electrons. The highest BCUT2D eigenvalue weighted by molar-refractivity contribution is 5.89. The average molecular weight is 312 g/mol. The van der Waals surface area contributed by atoms with Gasteiger partial charge < -0.3 is 9.73 Å². The van der Waals surface area contributed by atoms with Crippen molar-refractivity contribution >= 4 is 5.91 Å². The Hall–Kier alpha value is -2.07. The summed E-state index contributed by atoms with van der Waals surface area (Å²) in [5, 5.41) is 3.15. The third kappa shape index (κ3) is 3.04. The first-order valence-electron chi connectivity index (χ1n) is 8.17. The van der Waals surface area contributed by atoms with Gasteiger partial charge in [-0.2, -0.15) is 0 Å². The highest BCUT2D eigenvalue weighted by Gasteiger charge is 2.45. The van der Waals surface area contributed by atoms with E-state index in [2.05, 4.69) is 22.3 Å². The molecule has 1 N–H and O–H groups in total. The Balaban J connectivity index is 1.71. The van der Waals surface area contributed by atoms with Crippen LogP contribution in [0.3, 0.4) is 0 Å². The summed E-state index contributed by atoms with van der Waals surface area (Å²) in [7, 11) is 3.99. The number of benzene rings is 1. The lowest BCUT2D eigenvalue weighted by molar-refractivity contribution is -0.130. The van der Waals surface area contributed by atoms with Crippen molar-refractivity contribution < 1.29 is 9.21 Å². The number of nitrogens with one attached hydrogen (secondary N) is 1. The van der Waals surface area contributed by atoms with Gasteiger partial charge in [-0.1, -0.05) is 36.8 Å². The molecular formula is C19H24N2O2. The van der Waals surface area contributed by atoms with Crippen molar-refractivity contribution in [2.45, 2.75) is 30.7 Å². The van der Waals surface area contributed by atoms with Crippen LogP contribution in [0.4, 0.5) is 0 Å². The summed E-state index contributed by atoms with van der Waals surface area (Å²) < 4.78 is 5.51. The predicted octanol–water partition coefficient (Wildman–Crippen LogP) is 3.12. The molecular weight excluding hydrogens is 288 g/mol. The van der Waals surface area contributed by atoms with Crippen LogP contribution in [0.2, 0.25) is 0 Å². The van der Waals surface area contributed by atoms with E-state index < -0.39 is 0 Å². The first-order chi connectivity index (χ1) is 11.1. The van der Waals surface area contributed by atoms with E-state index >= 15 is 0 Å². The maximum Gasteiger partial charge on any atom is 0.230 e. The normalized spacial score (nSPS) is 17.5. The second kappa shape index (κ2) is 6.59. The minimum Gasteiger partial charge on any atom is -0.468 e. The molecule has 1 unspecified atom stereocenters. The van der Waals surface area contributed by atoms with E-state index in [0.29, 0.717) is 6.54 Å². The fraction of sp³-hybridized carbons (Fsp3) is 0.421. The van der Waals surface area contributed by atoms with Gasteiger partial charge in [0.25, 0.3) is 0 Å². The number of nitrogens with zero attached hydrogens (tertiary/aromatic N) is 1. The second-order valence-corrected chi connectivity index (χ2v) is 6.51. The highest BCUT2D eigenvalue weighted by atomic mass is 16.3. The van der Waals surface area contributed by atoms with Crippen LogP contribution in [0, 0.1) is 0 Å².